The van der Waals surface area contributed by atoms with Crippen molar-refractivity contribution >= 4 is 25.6 Å². The molecular weight excluding hydrogens is 449 g/mol. The maximum atomic E-state index is 12.3. The van der Waals surface area contributed by atoms with Gasteiger partial charge in [-0.2, -0.15) is 10.4 Å². The number of fused-ring (bicyclic) bond motifs is 1. The fourth-order valence-electron chi connectivity index (χ4n) is 3.55. The molecule has 1 aromatic carbocycles. The van der Waals surface area contributed by atoms with Crippen LogP contribution in [0.15, 0.2) is 48.8 Å². The quantitative estimate of drug-likeness (QED) is 0.384. The summed E-state index contributed by atoms with van der Waals surface area (Å²) in [6, 6.07) is 14.0. The molecule has 3 aromatic rings. The topological polar surface area (TPSA) is 151 Å². The van der Waals surface area contributed by atoms with Crippen molar-refractivity contribution in [3.05, 3.63) is 54.5 Å². The third kappa shape index (κ3) is 4.64. The van der Waals surface area contributed by atoms with Gasteiger partial charge >= 0.3 is 14.2 Å². The van der Waals surface area contributed by atoms with Gasteiger partial charge in [0.25, 0.3) is 0 Å². The first kappa shape index (κ1) is 22.6. The Kier molecular flexibility index (Phi) is 6.51. The van der Waals surface area contributed by atoms with Gasteiger partial charge in [0.2, 0.25) is 5.60 Å². The first-order chi connectivity index (χ1) is 16.0. The number of nitrogen functional groups attached to an aromatic ring is 1. The van der Waals surface area contributed by atoms with Crippen LogP contribution in [0.25, 0.3) is 5.52 Å². The summed E-state index contributed by atoms with van der Waals surface area (Å²) in [6.45, 7) is 1.20. The Balaban J connectivity index is 1.57. The van der Waals surface area contributed by atoms with Gasteiger partial charge < -0.3 is 15.2 Å². The van der Waals surface area contributed by atoms with Gasteiger partial charge in [-0.05, 0) is 24.3 Å². The Morgan fingerprint density at radius 1 is 1.36 bits per heavy atom. The predicted molar refractivity (Wildman–Crippen MR) is 115 cm³/mol. The number of aromatic nitrogens is 3. The third-order valence-electron chi connectivity index (χ3n) is 5.20. The summed E-state index contributed by atoms with van der Waals surface area (Å²) < 4.78 is 36.1. The van der Waals surface area contributed by atoms with Crippen molar-refractivity contribution in [1.29, 1.82) is 5.26 Å². The molecule has 0 aliphatic carbocycles. The van der Waals surface area contributed by atoms with Gasteiger partial charge in [-0.3, -0.25) is 4.79 Å². The maximum absolute atomic E-state index is 12.3. The average Bonchev–Trinajstić information content (AvgIpc) is 3.41. The number of hydrogen-bond acceptors (Lipinski definition) is 10. The summed E-state index contributed by atoms with van der Waals surface area (Å²) in [4.78, 5) is 16.0. The molecule has 0 bridgehead atoms. The zero-order valence-corrected chi connectivity index (χ0v) is 18.6. The van der Waals surface area contributed by atoms with Gasteiger partial charge in [0.1, 0.15) is 30.1 Å². The standard InChI is InChI=1S/C21H21N5O6P/c1-2-19(27)30-18-10-17(15-8-9-16-20(23)24-13-25-26(15)16)31-21(18,11-22)12-29-33(28)32-14-6-4-3-5-7-14/h3-9,13,17-18H,2,10,12H2,1H3,(H2,23,24,25)/q+1/t17-,18+,21-/m1/s1. The van der Waals surface area contributed by atoms with E-state index in [4.69, 9.17) is 24.3 Å². The van der Waals surface area contributed by atoms with Gasteiger partial charge in [-0.15, -0.1) is 4.52 Å². The summed E-state index contributed by atoms with van der Waals surface area (Å²) in [6.07, 6.45) is -0.0546. The molecule has 0 spiro atoms. The Bertz CT molecular complexity index is 1210. The van der Waals surface area contributed by atoms with Crippen molar-refractivity contribution in [2.75, 3.05) is 12.3 Å². The number of rotatable bonds is 8. The molecule has 33 heavy (non-hydrogen) atoms. The molecule has 0 amide bonds. The smallest absolute Gasteiger partial charge is 0.458 e. The summed E-state index contributed by atoms with van der Waals surface area (Å²) in [5.41, 5.74) is 5.37. The van der Waals surface area contributed by atoms with Crippen molar-refractivity contribution < 1.29 is 27.9 Å². The predicted octanol–water partition coefficient (Wildman–Crippen LogP) is 3.11. The molecule has 11 nitrogen and oxygen atoms in total. The van der Waals surface area contributed by atoms with Gasteiger partial charge in [-0.25, -0.2) is 14.0 Å². The molecule has 0 saturated carbocycles. The lowest BCUT2D eigenvalue weighted by Crippen LogP contribution is -2.44. The molecule has 1 fully saturated rings. The van der Waals surface area contributed by atoms with Crippen molar-refractivity contribution in [2.24, 2.45) is 0 Å². The molecule has 12 heteroatoms. The second-order valence-electron chi connectivity index (χ2n) is 7.28. The lowest BCUT2D eigenvalue weighted by molar-refractivity contribution is -0.157. The molecule has 1 saturated heterocycles. The van der Waals surface area contributed by atoms with Crippen molar-refractivity contribution in [3.8, 4) is 11.8 Å². The summed E-state index contributed by atoms with van der Waals surface area (Å²) >= 11 is 0. The number of para-hydroxylation sites is 1. The summed E-state index contributed by atoms with van der Waals surface area (Å²) in [7, 11) is -2.61. The van der Waals surface area contributed by atoms with Crippen molar-refractivity contribution in [3.63, 3.8) is 0 Å². The van der Waals surface area contributed by atoms with Crippen LogP contribution < -0.4 is 10.3 Å². The minimum Gasteiger partial charge on any atom is -0.458 e. The highest BCUT2D eigenvalue weighted by atomic mass is 31.1. The minimum absolute atomic E-state index is 0.118. The van der Waals surface area contributed by atoms with E-state index in [0.717, 1.165) is 0 Å². The number of nitrogens with zero attached hydrogens (tertiary/aromatic N) is 4. The molecule has 1 aliphatic rings. The highest BCUT2D eigenvalue weighted by Gasteiger charge is 2.55. The molecule has 2 aromatic heterocycles. The molecule has 1 unspecified atom stereocenters. The van der Waals surface area contributed by atoms with Crippen LogP contribution in [0.5, 0.6) is 5.75 Å². The highest BCUT2D eigenvalue weighted by Crippen LogP contribution is 2.43. The maximum Gasteiger partial charge on any atom is 0.750 e. The van der Waals surface area contributed by atoms with Crippen LogP contribution in [-0.4, -0.2) is 38.9 Å². The Morgan fingerprint density at radius 3 is 2.88 bits per heavy atom. The average molecular weight is 470 g/mol. The number of nitrogens with two attached hydrogens (primary N) is 1. The van der Waals surface area contributed by atoms with Gasteiger partial charge in [-0.1, -0.05) is 25.1 Å². The number of ether oxygens (including phenoxy) is 2. The van der Waals surface area contributed by atoms with Crippen LogP contribution in [0.2, 0.25) is 0 Å². The second kappa shape index (κ2) is 9.50. The number of hydrogen-bond donors (Lipinski definition) is 1. The highest BCUT2D eigenvalue weighted by molar-refractivity contribution is 7.33. The second-order valence-corrected chi connectivity index (χ2v) is 8.17. The largest absolute Gasteiger partial charge is 0.750 e. The molecule has 3 heterocycles. The number of carbonyl (C=O) groups excluding carboxylic acids is 1. The third-order valence-corrected chi connectivity index (χ3v) is 5.90. The monoisotopic (exact) mass is 470 g/mol. The Labute approximate surface area is 190 Å². The van der Waals surface area contributed by atoms with Gasteiger partial charge in [0.05, 0.1) is 5.69 Å². The zero-order valence-electron chi connectivity index (χ0n) is 17.7. The van der Waals surface area contributed by atoms with Crippen molar-refractivity contribution in [2.45, 2.75) is 37.6 Å². The van der Waals surface area contributed by atoms with E-state index in [1.165, 1.54) is 6.33 Å². The van der Waals surface area contributed by atoms with E-state index in [1.54, 1.807) is 53.9 Å². The van der Waals surface area contributed by atoms with E-state index in [-0.39, 0.29) is 18.7 Å². The van der Waals surface area contributed by atoms with Crippen LogP contribution in [0.3, 0.4) is 0 Å². The first-order valence-electron chi connectivity index (χ1n) is 10.2. The molecule has 170 valence electrons. The van der Waals surface area contributed by atoms with Gasteiger partial charge in [0.15, 0.2) is 18.2 Å². The van der Waals surface area contributed by atoms with Crippen LogP contribution in [-0.2, 0) is 23.4 Å². The van der Waals surface area contributed by atoms with Crippen LogP contribution >= 0.6 is 8.25 Å². The van der Waals surface area contributed by atoms with Crippen molar-refractivity contribution in [1.82, 2.24) is 14.6 Å². The lowest BCUT2D eigenvalue weighted by atomic mass is 9.98. The Morgan fingerprint density at radius 2 is 2.15 bits per heavy atom. The zero-order chi connectivity index (χ0) is 23.4. The van der Waals surface area contributed by atoms with Crippen LogP contribution in [0.1, 0.15) is 31.6 Å². The van der Waals surface area contributed by atoms with E-state index in [0.29, 0.717) is 17.0 Å². The number of benzene rings is 1. The van der Waals surface area contributed by atoms with Crippen LogP contribution in [0.4, 0.5) is 5.82 Å². The van der Waals surface area contributed by atoms with E-state index >= 15 is 0 Å². The number of esters is 1. The van der Waals surface area contributed by atoms with E-state index in [1.807, 2.05) is 0 Å². The van der Waals surface area contributed by atoms with E-state index in [2.05, 4.69) is 16.2 Å². The molecule has 2 N–H and O–H groups in total. The molecule has 0 radical (unpaired) electrons. The van der Waals surface area contributed by atoms with E-state index < -0.39 is 38.6 Å². The number of nitriles is 1. The molecule has 4 rings (SSSR count). The van der Waals surface area contributed by atoms with Crippen LogP contribution in [0, 0.1) is 11.3 Å². The van der Waals surface area contributed by atoms with Gasteiger partial charge in [0, 0.05) is 17.4 Å². The normalized spacial score (nSPS) is 22.6. The lowest BCUT2D eigenvalue weighted by Gasteiger charge is -2.24. The first-order valence-corrected chi connectivity index (χ1v) is 11.2. The summed E-state index contributed by atoms with van der Waals surface area (Å²) in [5, 5.41) is 14.2. The summed E-state index contributed by atoms with van der Waals surface area (Å²) in [5.74, 6) is 0.134. The molecular formula is C21H21N5O6P+. The number of anilines is 1. The molecule has 1 aliphatic heterocycles. The minimum atomic E-state index is -2.61. The fraction of sp³-hybridized carbons (Fsp3) is 0.333. The fourth-order valence-corrected chi connectivity index (χ4v) is 4.19. The van der Waals surface area contributed by atoms with E-state index in [9.17, 15) is 14.6 Å². The molecule has 4 atom stereocenters. The Hall–Kier alpha value is -3.58. The number of carbonyl (C=O) groups is 1. The SMILES string of the molecule is CCC(=O)O[C@H]1C[C@H](c2ccc3c(N)ncnn23)O[C@]1(C#N)CO[P+](=O)Oc1ccccc1.